The zero-order valence-electron chi connectivity index (χ0n) is 21.8. The van der Waals surface area contributed by atoms with Gasteiger partial charge in [-0.25, -0.2) is 12.8 Å². The smallest absolute Gasteiger partial charge is 0.264 e. The zero-order valence-corrected chi connectivity index (χ0v) is 24.2. The molecule has 0 aliphatic heterocycles. The molecule has 0 fully saturated rings. The summed E-state index contributed by atoms with van der Waals surface area (Å²) in [6.45, 7) is 4.99. The van der Waals surface area contributed by atoms with Crippen molar-refractivity contribution in [2.75, 3.05) is 17.4 Å². The average Bonchev–Trinajstić information content (AvgIpc) is 2.89. The van der Waals surface area contributed by atoms with Gasteiger partial charge in [-0.1, -0.05) is 53.9 Å². The van der Waals surface area contributed by atoms with Crippen LogP contribution in [0.15, 0.2) is 71.6 Å². The van der Waals surface area contributed by atoms with Crippen molar-refractivity contribution < 1.29 is 22.4 Å². The van der Waals surface area contributed by atoms with Gasteiger partial charge in [0, 0.05) is 23.1 Å². The number of carbonyl (C=O) groups excluding carboxylic acids is 2. The number of anilines is 1. The van der Waals surface area contributed by atoms with E-state index in [9.17, 15) is 22.4 Å². The van der Waals surface area contributed by atoms with E-state index < -0.39 is 34.3 Å². The van der Waals surface area contributed by atoms with Gasteiger partial charge in [-0.05, 0) is 74.4 Å². The summed E-state index contributed by atoms with van der Waals surface area (Å²) >= 11 is 12.4. The highest BCUT2D eigenvalue weighted by Gasteiger charge is 2.33. The molecule has 1 N–H and O–H groups in total. The number of hydrogen-bond acceptors (Lipinski definition) is 4. The molecule has 3 aromatic rings. The number of nitrogens with one attached hydrogen (secondary N) is 1. The van der Waals surface area contributed by atoms with Crippen LogP contribution in [-0.2, 0) is 26.2 Å². The minimum atomic E-state index is -4.24. The summed E-state index contributed by atoms with van der Waals surface area (Å²) in [5, 5.41) is 3.44. The predicted molar refractivity (Wildman–Crippen MR) is 152 cm³/mol. The van der Waals surface area contributed by atoms with Crippen LogP contribution in [0.2, 0.25) is 10.0 Å². The minimum absolute atomic E-state index is 0.0340. The van der Waals surface area contributed by atoms with Crippen molar-refractivity contribution in [2.24, 2.45) is 0 Å². The summed E-state index contributed by atoms with van der Waals surface area (Å²) in [6.07, 6.45) is 0.268. The fraction of sp³-hybridized carbons (Fsp3) is 0.286. The quantitative estimate of drug-likeness (QED) is 0.314. The lowest BCUT2D eigenvalue weighted by molar-refractivity contribution is -0.140. The van der Waals surface area contributed by atoms with E-state index in [-0.39, 0.29) is 29.5 Å². The number of hydrogen-bond donors (Lipinski definition) is 1. The van der Waals surface area contributed by atoms with E-state index in [2.05, 4.69) is 5.32 Å². The Labute approximate surface area is 238 Å². The van der Waals surface area contributed by atoms with Crippen LogP contribution in [0.4, 0.5) is 10.1 Å². The van der Waals surface area contributed by atoms with Crippen LogP contribution >= 0.6 is 23.2 Å². The molecule has 7 nitrogen and oxygen atoms in total. The molecular formula is C28H30Cl2FN3O4S. The maximum atomic E-state index is 13.9. The van der Waals surface area contributed by atoms with Crippen LogP contribution in [-0.4, -0.2) is 44.3 Å². The van der Waals surface area contributed by atoms with Gasteiger partial charge < -0.3 is 10.2 Å². The molecule has 2 amide bonds. The molecule has 39 heavy (non-hydrogen) atoms. The highest BCUT2D eigenvalue weighted by molar-refractivity contribution is 7.92. The highest BCUT2D eigenvalue weighted by Crippen LogP contribution is 2.27. The maximum absolute atomic E-state index is 13.9. The molecule has 0 saturated heterocycles. The molecule has 1 unspecified atom stereocenters. The van der Waals surface area contributed by atoms with E-state index in [1.807, 2.05) is 6.92 Å². The minimum Gasteiger partial charge on any atom is -0.355 e. The van der Waals surface area contributed by atoms with E-state index in [1.54, 1.807) is 38.1 Å². The summed E-state index contributed by atoms with van der Waals surface area (Å²) < 4.78 is 42.2. The Morgan fingerprint density at radius 1 is 0.974 bits per heavy atom. The summed E-state index contributed by atoms with van der Waals surface area (Å²) in [6, 6.07) is 14.9. The number of likely N-dealkylation sites (N-methyl/N-ethyl adjacent to an activating group) is 1. The second-order valence-electron chi connectivity index (χ2n) is 8.88. The first kappa shape index (κ1) is 30.4. The van der Waals surface area contributed by atoms with Crippen LogP contribution in [0.3, 0.4) is 0 Å². The van der Waals surface area contributed by atoms with Crippen molar-refractivity contribution in [3.05, 3.63) is 93.7 Å². The Balaban J connectivity index is 2.07. The third kappa shape index (κ3) is 7.50. The first-order valence-electron chi connectivity index (χ1n) is 12.3. The molecule has 11 heteroatoms. The number of nitrogens with zero attached hydrogens (tertiary/aromatic N) is 2. The van der Waals surface area contributed by atoms with Gasteiger partial charge in [-0.3, -0.25) is 13.9 Å². The lowest BCUT2D eigenvalue weighted by Crippen LogP contribution is -2.52. The molecule has 0 aliphatic carbocycles. The number of carbonyl (C=O) groups is 2. The first-order chi connectivity index (χ1) is 18.5. The molecule has 3 rings (SSSR count). The molecule has 0 bridgehead atoms. The van der Waals surface area contributed by atoms with E-state index in [1.165, 1.54) is 35.2 Å². The Morgan fingerprint density at radius 3 is 2.18 bits per heavy atom. The van der Waals surface area contributed by atoms with E-state index >= 15 is 0 Å². The molecular weight excluding hydrogens is 564 g/mol. The van der Waals surface area contributed by atoms with Crippen LogP contribution < -0.4 is 9.62 Å². The topological polar surface area (TPSA) is 86.8 Å². The largest absolute Gasteiger partial charge is 0.355 e. The SMILES string of the molecule is CCNC(=O)C(CC)N(Cc1ccc(Cl)cc1Cl)C(=O)CN(c1ccc(F)cc1)S(=O)(=O)c1ccc(C)cc1. The molecule has 0 aliphatic rings. The summed E-state index contributed by atoms with van der Waals surface area (Å²) in [7, 11) is -4.24. The normalized spacial score (nSPS) is 12.1. The summed E-state index contributed by atoms with van der Waals surface area (Å²) in [4.78, 5) is 28.1. The predicted octanol–water partition coefficient (Wildman–Crippen LogP) is 5.58. The van der Waals surface area contributed by atoms with Crippen LogP contribution in [0.5, 0.6) is 0 Å². The fourth-order valence-corrected chi connectivity index (χ4v) is 5.90. The van der Waals surface area contributed by atoms with Gasteiger partial charge in [-0.15, -0.1) is 0 Å². The number of amides is 2. The molecule has 0 saturated carbocycles. The van der Waals surface area contributed by atoms with Crippen molar-refractivity contribution in [3.63, 3.8) is 0 Å². The number of halogens is 3. The molecule has 0 spiro atoms. The Kier molecular flexibility index (Phi) is 10.4. The molecule has 0 radical (unpaired) electrons. The average molecular weight is 595 g/mol. The van der Waals surface area contributed by atoms with Crippen LogP contribution in [0.25, 0.3) is 0 Å². The second kappa shape index (κ2) is 13.3. The molecule has 0 heterocycles. The van der Waals surface area contributed by atoms with Gasteiger partial charge in [0.15, 0.2) is 0 Å². The summed E-state index contributed by atoms with van der Waals surface area (Å²) in [5.41, 5.74) is 1.49. The first-order valence-corrected chi connectivity index (χ1v) is 14.5. The lowest BCUT2D eigenvalue weighted by atomic mass is 10.1. The maximum Gasteiger partial charge on any atom is 0.264 e. The van der Waals surface area contributed by atoms with Gasteiger partial charge >= 0.3 is 0 Å². The monoisotopic (exact) mass is 593 g/mol. The highest BCUT2D eigenvalue weighted by atomic mass is 35.5. The van der Waals surface area contributed by atoms with Crippen LogP contribution in [0.1, 0.15) is 31.4 Å². The van der Waals surface area contributed by atoms with E-state index in [0.717, 1.165) is 22.0 Å². The second-order valence-corrected chi connectivity index (χ2v) is 11.6. The number of benzene rings is 3. The number of rotatable bonds is 11. The van der Waals surface area contributed by atoms with Crippen molar-refractivity contribution in [1.29, 1.82) is 0 Å². The van der Waals surface area contributed by atoms with Gasteiger partial charge in [0.1, 0.15) is 18.4 Å². The fourth-order valence-electron chi connectivity index (χ4n) is 4.02. The molecule has 1 atom stereocenters. The van der Waals surface area contributed by atoms with E-state index in [0.29, 0.717) is 22.2 Å². The number of aryl methyl sites for hydroxylation is 1. The lowest BCUT2D eigenvalue weighted by Gasteiger charge is -2.33. The standard InChI is InChI=1S/C28H30Cl2FN3O4S/c1-4-26(28(36)32-5-2)33(17-20-8-9-21(29)16-25(20)30)27(35)18-34(23-12-10-22(31)11-13-23)39(37,38)24-14-6-19(3)7-15-24/h6-16,26H,4-5,17-18H2,1-3H3,(H,32,36). The van der Waals surface area contributed by atoms with Gasteiger partial charge in [-0.2, -0.15) is 0 Å². The van der Waals surface area contributed by atoms with E-state index in [4.69, 9.17) is 23.2 Å². The number of sulfonamides is 1. The zero-order chi connectivity index (χ0) is 28.7. The Morgan fingerprint density at radius 2 is 1.62 bits per heavy atom. The summed E-state index contributed by atoms with van der Waals surface area (Å²) in [5.74, 6) is -1.58. The third-order valence-corrected chi connectivity index (χ3v) is 8.47. The van der Waals surface area contributed by atoms with Crippen molar-refractivity contribution in [2.45, 2.75) is 44.7 Å². The van der Waals surface area contributed by atoms with Crippen molar-refractivity contribution in [3.8, 4) is 0 Å². The Hall–Kier alpha value is -3.14. The van der Waals surface area contributed by atoms with Crippen LogP contribution in [0, 0.1) is 12.7 Å². The Bertz CT molecular complexity index is 1420. The third-order valence-electron chi connectivity index (χ3n) is 6.10. The molecule has 208 valence electrons. The van der Waals surface area contributed by atoms with Gasteiger partial charge in [0.25, 0.3) is 10.0 Å². The van der Waals surface area contributed by atoms with Crippen molar-refractivity contribution in [1.82, 2.24) is 10.2 Å². The molecule has 0 aromatic heterocycles. The van der Waals surface area contributed by atoms with Gasteiger partial charge in [0.05, 0.1) is 10.6 Å². The van der Waals surface area contributed by atoms with Gasteiger partial charge in [0.2, 0.25) is 11.8 Å². The van der Waals surface area contributed by atoms with Crippen molar-refractivity contribution >= 4 is 50.7 Å². The molecule has 3 aromatic carbocycles.